The topological polar surface area (TPSA) is 141 Å². The van der Waals surface area contributed by atoms with E-state index in [-0.39, 0.29) is 77.1 Å². The highest BCUT2D eigenvalue weighted by Crippen LogP contribution is 2.69. The molecule has 0 bridgehead atoms. The maximum absolute atomic E-state index is 13.7. The Bertz CT molecular complexity index is 1470. The number of carbonyl (C=O) groups excluding carboxylic acids is 3. The van der Waals surface area contributed by atoms with Gasteiger partial charge in [0.25, 0.3) is 0 Å². The van der Waals surface area contributed by atoms with Crippen molar-refractivity contribution in [3.63, 3.8) is 0 Å². The van der Waals surface area contributed by atoms with Gasteiger partial charge in [-0.05, 0) is 119 Å². The molecule has 0 aromatic heterocycles. The molecule has 0 saturated heterocycles. The average molecular weight is 758 g/mol. The molecule has 1 aromatic carbocycles. The molecule has 5 N–H and O–H groups in total. The minimum absolute atomic E-state index is 0. The highest BCUT2D eigenvalue weighted by atomic mass is 35.5. The van der Waals surface area contributed by atoms with Crippen molar-refractivity contribution in [2.24, 2.45) is 46.3 Å². The first kappa shape index (κ1) is 41.0. The number of esters is 1. The normalized spacial score (nSPS) is 35.3. The van der Waals surface area contributed by atoms with Crippen LogP contribution in [0, 0.1) is 46.3 Å². The summed E-state index contributed by atoms with van der Waals surface area (Å²) in [4.78, 5) is 43.1. The summed E-state index contributed by atoms with van der Waals surface area (Å²) in [5.41, 5.74) is -0.0968. The van der Waals surface area contributed by atoms with Crippen molar-refractivity contribution in [3.8, 4) is 0 Å². The van der Waals surface area contributed by atoms with Gasteiger partial charge in [0.1, 0.15) is 12.2 Å². The first-order valence-corrected chi connectivity index (χ1v) is 19.9. The fourth-order valence-electron chi connectivity index (χ4n) is 11.3. The Morgan fingerprint density at radius 3 is 2.43 bits per heavy atom. The zero-order valence-corrected chi connectivity index (χ0v) is 33.7. The SMILES string of the molecule is COC(=O)CC[C@@H](C)[C@H]1CC[C@H]2[C@@H]3[C@H](OC(=O)NC(C)(C)C)CC4C[C@H](NC5=[NH+]CCCN5)CC[C@]4(C)[C@H]3C[C@H](OC(=O)Nc3ccccc3)[C@]12C.[Cl-]. The molecule has 2 amide bonds. The van der Waals surface area contributed by atoms with Crippen LogP contribution in [0.25, 0.3) is 0 Å². The van der Waals surface area contributed by atoms with E-state index in [1.54, 1.807) is 0 Å². The van der Waals surface area contributed by atoms with Crippen LogP contribution in [0.3, 0.4) is 0 Å². The van der Waals surface area contributed by atoms with Crippen LogP contribution in [0.1, 0.15) is 106 Å². The lowest BCUT2D eigenvalue weighted by atomic mass is 9.43. The fraction of sp³-hybridized carbons (Fsp3) is 0.756. The zero-order valence-electron chi connectivity index (χ0n) is 32.9. The molecule has 11 nitrogen and oxygen atoms in total. The van der Waals surface area contributed by atoms with E-state index in [1.165, 1.54) is 7.11 Å². The van der Waals surface area contributed by atoms with Crippen LogP contribution in [-0.4, -0.2) is 68.1 Å². The van der Waals surface area contributed by atoms with Crippen LogP contribution < -0.4 is 38.7 Å². The number of ether oxygens (including phenoxy) is 3. The summed E-state index contributed by atoms with van der Waals surface area (Å²) in [7, 11) is 1.44. The molecule has 11 atom stereocenters. The molecule has 1 aromatic rings. The van der Waals surface area contributed by atoms with Crippen molar-refractivity contribution in [3.05, 3.63) is 30.3 Å². The van der Waals surface area contributed by atoms with Crippen molar-refractivity contribution in [2.75, 3.05) is 25.5 Å². The number of anilines is 1. The molecular weight excluding hydrogens is 694 g/mol. The molecule has 4 saturated carbocycles. The van der Waals surface area contributed by atoms with E-state index in [4.69, 9.17) is 14.2 Å². The highest BCUT2D eigenvalue weighted by Gasteiger charge is 2.68. The Kier molecular flexibility index (Phi) is 12.9. The Morgan fingerprint density at radius 1 is 1.00 bits per heavy atom. The number of methoxy groups -OCH3 is 1. The highest BCUT2D eigenvalue weighted by molar-refractivity contribution is 5.84. The number of carbonyl (C=O) groups is 3. The Hall–Kier alpha value is -3.21. The average Bonchev–Trinajstić information content (AvgIpc) is 3.46. The lowest BCUT2D eigenvalue weighted by molar-refractivity contribution is -0.467. The van der Waals surface area contributed by atoms with Crippen LogP contribution >= 0.6 is 0 Å². The second-order valence-corrected chi connectivity index (χ2v) is 18.0. The minimum Gasteiger partial charge on any atom is -1.00 e. The summed E-state index contributed by atoms with van der Waals surface area (Å²) in [5, 5.41) is 13.3. The molecule has 4 fully saturated rings. The van der Waals surface area contributed by atoms with Crippen molar-refractivity contribution < 1.29 is 46.0 Å². The molecule has 53 heavy (non-hydrogen) atoms. The second kappa shape index (κ2) is 16.7. The number of hydrogen-bond acceptors (Lipinski definition) is 8. The number of fused-ring (bicyclic) bond motifs is 5. The van der Waals surface area contributed by atoms with E-state index < -0.39 is 11.6 Å². The number of benzene rings is 1. The Balaban J connectivity index is 0.00000541. The molecule has 6 rings (SSSR count). The van der Waals surface area contributed by atoms with E-state index in [0.29, 0.717) is 36.9 Å². The molecule has 12 heteroatoms. The molecule has 5 aliphatic rings. The van der Waals surface area contributed by atoms with Gasteiger partial charge < -0.3 is 31.9 Å². The molecule has 0 radical (unpaired) electrons. The maximum atomic E-state index is 13.7. The number of nitrogens with one attached hydrogen (secondary N) is 5. The number of rotatable bonds is 8. The number of halogens is 1. The summed E-state index contributed by atoms with van der Waals surface area (Å²) < 4.78 is 18.2. The van der Waals surface area contributed by atoms with Crippen LogP contribution in [0.2, 0.25) is 0 Å². The smallest absolute Gasteiger partial charge is 0.411 e. The molecule has 4 aliphatic carbocycles. The molecule has 0 spiro atoms. The lowest BCUT2D eigenvalue weighted by Crippen LogP contribution is -3.00. The standard InChI is InChI=1S/C41H63N5O6.ClH/c1-25(14-17-34(47)50-7)29-15-16-30-35-31(24-33(41(29,30)6)52-37(48)45-27-12-9-8-10-13-27)40(5)19-18-28(44-36-42-20-11-21-43-36)22-26(40)23-32(35)51-38(49)46-39(2,3)4;/h8-10,12-13,25-26,28-33,35H,11,14-24H2,1-7H3,(H,45,48)(H,46,49)(H2,42,43,44);1H/t25-,26?,28-,29-,30+,31+,32-,33+,35+,40+,41-;/m1./s1. The third kappa shape index (κ3) is 8.86. The number of guanidine groups is 1. The molecule has 1 heterocycles. The summed E-state index contributed by atoms with van der Waals surface area (Å²) >= 11 is 0. The van der Waals surface area contributed by atoms with Crippen molar-refractivity contribution in [1.29, 1.82) is 0 Å². The molecule has 1 aliphatic heterocycles. The summed E-state index contributed by atoms with van der Waals surface area (Å²) in [6.07, 6.45) is 7.35. The summed E-state index contributed by atoms with van der Waals surface area (Å²) in [5.74, 6) is 2.10. The van der Waals surface area contributed by atoms with Gasteiger partial charge in [-0.1, -0.05) is 39.0 Å². The van der Waals surface area contributed by atoms with E-state index in [1.807, 2.05) is 51.1 Å². The summed E-state index contributed by atoms with van der Waals surface area (Å²) in [6.45, 7) is 14.9. The monoisotopic (exact) mass is 757 g/mol. The van der Waals surface area contributed by atoms with Gasteiger partial charge in [-0.25, -0.2) is 9.59 Å². The van der Waals surface area contributed by atoms with E-state index in [2.05, 4.69) is 47.0 Å². The van der Waals surface area contributed by atoms with Crippen molar-refractivity contribution >= 4 is 29.8 Å². The van der Waals surface area contributed by atoms with Gasteiger partial charge in [0.15, 0.2) is 0 Å². The number of hydrogen-bond donors (Lipinski definition) is 5. The first-order chi connectivity index (χ1) is 24.7. The van der Waals surface area contributed by atoms with Crippen molar-refractivity contribution in [1.82, 2.24) is 16.0 Å². The molecule has 1 unspecified atom stereocenters. The number of amides is 2. The Labute approximate surface area is 322 Å². The lowest BCUT2D eigenvalue weighted by Gasteiger charge is -2.64. The van der Waals surface area contributed by atoms with Crippen LogP contribution in [0.5, 0.6) is 0 Å². The quantitative estimate of drug-likeness (QED) is 0.201. The predicted molar refractivity (Wildman–Crippen MR) is 200 cm³/mol. The molecule has 296 valence electrons. The predicted octanol–water partition coefficient (Wildman–Crippen LogP) is 2.36. The van der Waals surface area contributed by atoms with E-state index in [0.717, 1.165) is 64.0 Å². The van der Waals surface area contributed by atoms with Crippen LogP contribution in [0.4, 0.5) is 15.3 Å². The number of para-hydroxylation sites is 1. The van der Waals surface area contributed by atoms with E-state index >= 15 is 0 Å². The van der Waals surface area contributed by atoms with E-state index in [9.17, 15) is 14.4 Å². The summed E-state index contributed by atoms with van der Waals surface area (Å²) in [6, 6.07) is 9.78. The van der Waals surface area contributed by atoms with Gasteiger partial charge in [0, 0.05) is 35.4 Å². The zero-order chi connectivity index (χ0) is 37.3. The first-order valence-electron chi connectivity index (χ1n) is 19.9. The van der Waals surface area contributed by atoms with Crippen molar-refractivity contribution in [2.45, 2.75) is 130 Å². The van der Waals surface area contributed by atoms with Crippen LogP contribution in [-0.2, 0) is 19.0 Å². The third-order valence-electron chi connectivity index (χ3n) is 13.8. The van der Waals surface area contributed by atoms with Gasteiger partial charge in [-0.3, -0.25) is 25.7 Å². The van der Waals surface area contributed by atoms with Gasteiger partial charge in [-0.2, -0.15) is 0 Å². The Morgan fingerprint density at radius 2 is 1.75 bits per heavy atom. The van der Waals surface area contributed by atoms with Crippen LogP contribution in [0.15, 0.2) is 30.3 Å². The second-order valence-electron chi connectivity index (χ2n) is 18.0. The minimum atomic E-state index is -0.435. The third-order valence-corrected chi connectivity index (χ3v) is 13.8. The van der Waals surface area contributed by atoms with Gasteiger partial charge >= 0.3 is 24.1 Å². The van der Waals surface area contributed by atoms with Gasteiger partial charge in [0.05, 0.1) is 26.2 Å². The fourth-order valence-corrected chi connectivity index (χ4v) is 11.3. The van der Waals surface area contributed by atoms with Gasteiger partial charge in [-0.15, -0.1) is 0 Å². The number of alkyl carbamates (subject to hydrolysis) is 1. The largest absolute Gasteiger partial charge is 1.00 e. The maximum Gasteiger partial charge on any atom is 0.411 e. The molecular formula is C41H64ClN5O6. The van der Waals surface area contributed by atoms with Gasteiger partial charge in [0.2, 0.25) is 0 Å².